The van der Waals surface area contributed by atoms with Gasteiger partial charge >= 0.3 is 0 Å². The largest absolute Gasteiger partial charge is 0.349 e. The predicted octanol–water partition coefficient (Wildman–Crippen LogP) is 3.52. The van der Waals surface area contributed by atoms with E-state index in [9.17, 15) is 9.59 Å². The van der Waals surface area contributed by atoms with Gasteiger partial charge in [0.1, 0.15) is 6.04 Å². The Labute approximate surface area is 171 Å². The second kappa shape index (κ2) is 8.95. The zero-order chi connectivity index (χ0) is 20.1. The molecule has 2 heterocycles. The molecule has 1 atom stereocenters. The smallest absolute Gasteiger partial charge is 0.281 e. The highest BCUT2D eigenvalue weighted by atomic mass is 35.5. The van der Waals surface area contributed by atoms with E-state index in [0.29, 0.717) is 21.9 Å². The second-order valence-electron chi connectivity index (χ2n) is 6.14. The Morgan fingerprint density at radius 3 is 2.71 bits per heavy atom. The van der Waals surface area contributed by atoms with Gasteiger partial charge in [0.2, 0.25) is 5.91 Å². The fourth-order valence-electron chi connectivity index (χ4n) is 2.57. The molecule has 28 heavy (non-hydrogen) atoms. The van der Waals surface area contributed by atoms with Gasteiger partial charge in [-0.3, -0.25) is 14.6 Å². The van der Waals surface area contributed by atoms with Gasteiger partial charge in [-0.05, 0) is 38.1 Å². The molecule has 0 bridgehead atoms. The molecule has 0 spiro atoms. The summed E-state index contributed by atoms with van der Waals surface area (Å²) in [5.41, 5.74) is 1.10. The van der Waals surface area contributed by atoms with Crippen molar-refractivity contribution in [1.82, 2.24) is 14.9 Å². The highest BCUT2D eigenvalue weighted by Crippen LogP contribution is 2.16. The minimum atomic E-state index is -0.536. The number of aromatic nitrogens is 2. The first-order valence-corrected chi connectivity index (χ1v) is 9.85. The Hall–Kier alpha value is -2.77. The molecular formula is C20H19ClN4O2S. The fraction of sp³-hybridized carbons (Fsp3) is 0.200. The molecular weight excluding hydrogens is 396 g/mol. The molecule has 0 radical (unpaired) electrons. The van der Waals surface area contributed by atoms with Crippen molar-refractivity contribution >= 4 is 34.8 Å². The summed E-state index contributed by atoms with van der Waals surface area (Å²) >= 11 is 7.43. The van der Waals surface area contributed by atoms with Gasteiger partial charge in [-0.2, -0.15) is 4.99 Å². The third-order valence-corrected chi connectivity index (χ3v) is 5.30. The summed E-state index contributed by atoms with van der Waals surface area (Å²) in [7, 11) is 0. The first kappa shape index (κ1) is 20.0. The number of halogens is 1. The summed E-state index contributed by atoms with van der Waals surface area (Å²) in [5.74, 6) is -0.627. The van der Waals surface area contributed by atoms with Crippen LogP contribution in [0.15, 0.2) is 59.9 Å². The van der Waals surface area contributed by atoms with Crippen molar-refractivity contribution in [2.45, 2.75) is 26.4 Å². The fourth-order valence-corrected chi connectivity index (χ4v) is 3.68. The van der Waals surface area contributed by atoms with Crippen molar-refractivity contribution in [3.63, 3.8) is 0 Å². The number of carbonyl (C=O) groups is 2. The molecule has 0 aliphatic carbocycles. The van der Waals surface area contributed by atoms with Crippen LogP contribution >= 0.6 is 22.9 Å². The second-order valence-corrected chi connectivity index (χ2v) is 7.76. The molecule has 2 amide bonds. The Morgan fingerprint density at radius 2 is 2.00 bits per heavy atom. The van der Waals surface area contributed by atoms with Crippen molar-refractivity contribution in [2.75, 3.05) is 0 Å². The zero-order valence-electron chi connectivity index (χ0n) is 15.4. The average Bonchev–Trinajstić information content (AvgIpc) is 3.06. The van der Waals surface area contributed by atoms with Gasteiger partial charge in [-0.15, -0.1) is 11.3 Å². The first-order valence-electron chi connectivity index (χ1n) is 8.65. The number of hydrogen-bond donors (Lipinski definition) is 1. The lowest BCUT2D eigenvalue weighted by atomic mass is 10.2. The molecule has 0 aliphatic rings. The number of rotatable bonds is 5. The molecule has 3 aromatic rings. The van der Waals surface area contributed by atoms with Crippen molar-refractivity contribution in [2.24, 2.45) is 4.99 Å². The number of thiazole rings is 1. The van der Waals surface area contributed by atoms with Gasteiger partial charge in [0, 0.05) is 17.3 Å². The normalized spacial score (nSPS) is 12.6. The van der Waals surface area contributed by atoms with Crippen LogP contribution in [-0.2, 0) is 11.3 Å². The Kier molecular flexibility index (Phi) is 6.38. The zero-order valence-corrected chi connectivity index (χ0v) is 17.0. The molecule has 1 N–H and O–H groups in total. The Balaban J connectivity index is 1.82. The molecule has 0 saturated carbocycles. The lowest BCUT2D eigenvalue weighted by Crippen LogP contribution is -2.34. The molecule has 1 aromatic carbocycles. The van der Waals surface area contributed by atoms with E-state index in [1.54, 1.807) is 42.0 Å². The number of nitrogens with one attached hydrogen (secondary N) is 1. The summed E-state index contributed by atoms with van der Waals surface area (Å²) in [6.45, 7) is 4.00. The standard InChI is InChI=1S/C20H19ClN4O2S/c1-13-12-25(14(2)18(26)23-11-15-7-5-6-10-22-15)20(28-13)24-19(27)16-8-3-4-9-17(16)21/h3-10,12,14H,11H2,1-2H3,(H,23,26). The topological polar surface area (TPSA) is 76.3 Å². The lowest BCUT2D eigenvalue weighted by Gasteiger charge is -2.13. The van der Waals surface area contributed by atoms with Gasteiger partial charge in [-0.25, -0.2) is 0 Å². The van der Waals surface area contributed by atoms with Crippen molar-refractivity contribution in [3.8, 4) is 0 Å². The minimum absolute atomic E-state index is 0.185. The van der Waals surface area contributed by atoms with E-state index in [2.05, 4.69) is 15.3 Å². The number of amides is 2. The van der Waals surface area contributed by atoms with Crippen LogP contribution in [-0.4, -0.2) is 21.4 Å². The van der Waals surface area contributed by atoms with E-state index < -0.39 is 11.9 Å². The van der Waals surface area contributed by atoms with Crippen molar-refractivity contribution in [1.29, 1.82) is 0 Å². The predicted molar refractivity (Wildman–Crippen MR) is 109 cm³/mol. The van der Waals surface area contributed by atoms with Gasteiger partial charge < -0.3 is 9.88 Å². The SMILES string of the molecule is Cc1cn(C(C)C(=O)NCc2ccccn2)c(=NC(=O)c2ccccc2Cl)s1. The van der Waals surface area contributed by atoms with Gasteiger partial charge in [0.25, 0.3) is 5.91 Å². The molecule has 2 aromatic heterocycles. The highest BCUT2D eigenvalue weighted by Gasteiger charge is 2.18. The van der Waals surface area contributed by atoms with E-state index in [0.717, 1.165) is 10.6 Å². The number of pyridine rings is 1. The maximum atomic E-state index is 12.6. The van der Waals surface area contributed by atoms with E-state index in [1.165, 1.54) is 11.3 Å². The van der Waals surface area contributed by atoms with Crippen molar-refractivity contribution < 1.29 is 9.59 Å². The van der Waals surface area contributed by atoms with E-state index >= 15 is 0 Å². The average molecular weight is 415 g/mol. The van der Waals surface area contributed by atoms with Crippen LogP contribution in [0, 0.1) is 6.92 Å². The number of benzene rings is 1. The van der Waals surface area contributed by atoms with Gasteiger partial charge in [0.15, 0.2) is 4.80 Å². The van der Waals surface area contributed by atoms with Crippen LogP contribution in [0.25, 0.3) is 0 Å². The summed E-state index contributed by atoms with van der Waals surface area (Å²) in [5, 5.41) is 3.21. The molecule has 0 saturated heterocycles. The molecule has 0 fully saturated rings. The van der Waals surface area contributed by atoms with E-state index in [-0.39, 0.29) is 5.91 Å². The maximum absolute atomic E-state index is 12.6. The van der Waals surface area contributed by atoms with Crippen LogP contribution in [0.2, 0.25) is 5.02 Å². The van der Waals surface area contributed by atoms with Gasteiger partial charge in [-0.1, -0.05) is 29.8 Å². The van der Waals surface area contributed by atoms with Gasteiger partial charge in [0.05, 0.1) is 22.8 Å². The van der Waals surface area contributed by atoms with Crippen LogP contribution < -0.4 is 10.1 Å². The lowest BCUT2D eigenvalue weighted by molar-refractivity contribution is -0.124. The number of aryl methyl sites for hydroxylation is 1. The monoisotopic (exact) mass is 414 g/mol. The molecule has 6 nitrogen and oxygen atoms in total. The summed E-state index contributed by atoms with van der Waals surface area (Å²) in [6, 6.07) is 11.8. The molecule has 8 heteroatoms. The summed E-state index contributed by atoms with van der Waals surface area (Å²) in [4.78, 5) is 34.9. The third-order valence-electron chi connectivity index (χ3n) is 4.06. The summed E-state index contributed by atoms with van der Waals surface area (Å²) in [6.07, 6.45) is 3.49. The van der Waals surface area contributed by atoms with Crippen molar-refractivity contribution in [3.05, 3.63) is 80.8 Å². The van der Waals surface area contributed by atoms with Crippen LogP contribution in [0.1, 0.15) is 33.9 Å². The number of hydrogen-bond acceptors (Lipinski definition) is 4. The number of carbonyl (C=O) groups excluding carboxylic acids is 2. The molecule has 0 aliphatic heterocycles. The first-order chi connectivity index (χ1) is 13.5. The molecule has 3 rings (SSSR count). The summed E-state index contributed by atoms with van der Waals surface area (Å²) < 4.78 is 1.70. The van der Waals surface area contributed by atoms with E-state index in [4.69, 9.17) is 11.6 Å². The Morgan fingerprint density at radius 1 is 1.25 bits per heavy atom. The van der Waals surface area contributed by atoms with Crippen LogP contribution in [0.5, 0.6) is 0 Å². The third kappa shape index (κ3) is 4.74. The molecule has 144 valence electrons. The molecule has 1 unspecified atom stereocenters. The Bertz CT molecular complexity index is 1060. The minimum Gasteiger partial charge on any atom is -0.349 e. The van der Waals surface area contributed by atoms with Crippen LogP contribution in [0.4, 0.5) is 0 Å². The van der Waals surface area contributed by atoms with E-state index in [1.807, 2.05) is 31.3 Å². The highest BCUT2D eigenvalue weighted by molar-refractivity contribution is 7.09. The van der Waals surface area contributed by atoms with Crippen LogP contribution in [0.3, 0.4) is 0 Å². The number of nitrogens with zero attached hydrogens (tertiary/aromatic N) is 3. The maximum Gasteiger partial charge on any atom is 0.281 e. The quantitative estimate of drug-likeness (QED) is 0.693.